The predicted molar refractivity (Wildman–Crippen MR) is 77.4 cm³/mol. The Morgan fingerprint density at radius 3 is 2.90 bits per heavy atom. The Morgan fingerprint density at radius 1 is 1.29 bits per heavy atom. The molecule has 114 valence electrons. The minimum absolute atomic E-state index is 0.0253. The normalized spacial score (nSPS) is 24.7. The lowest BCUT2D eigenvalue weighted by Gasteiger charge is -2.38. The number of hydrogen-bond acceptors (Lipinski definition) is 4. The molecule has 0 spiro atoms. The van der Waals surface area contributed by atoms with Gasteiger partial charge in [-0.1, -0.05) is 12.1 Å². The quantitative estimate of drug-likeness (QED) is 0.919. The van der Waals surface area contributed by atoms with Crippen molar-refractivity contribution < 1.29 is 19.4 Å². The molecule has 2 aliphatic heterocycles. The Hall–Kier alpha value is -1.75. The molecule has 21 heavy (non-hydrogen) atoms. The minimum atomic E-state index is -0.584. The van der Waals surface area contributed by atoms with Crippen LogP contribution in [-0.4, -0.2) is 47.8 Å². The Balaban J connectivity index is 1.70. The van der Waals surface area contributed by atoms with E-state index in [2.05, 4.69) is 0 Å². The molecule has 5 heteroatoms. The van der Waals surface area contributed by atoms with E-state index in [0.29, 0.717) is 17.9 Å². The minimum Gasteiger partial charge on any atom is -0.485 e. The van der Waals surface area contributed by atoms with Crippen molar-refractivity contribution >= 4 is 5.91 Å². The molecule has 3 rings (SSSR count). The monoisotopic (exact) mass is 291 g/mol. The Morgan fingerprint density at radius 2 is 2.10 bits per heavy atom. The zero-order valence-corrected chi connectivity index (χ0v) is 12.0. The fourth-order valence-electron chi connectivity index (χ4n) is 3.07. The summed E-state index contributed by atoms with van der Waals surface area (Å²) >= 11 is 0. The summed E-state index contributed by atoms with van der Waals surface area (Å²) in [5, 5.41) is 9.16. The first-order valence-electron chi connectivity index (χ1n) is 7.59. The third-order valence-electron chi connectivity index (χ3n) is 4.16. The van der Waals surface area contributed by atoms with Crippen LogP contribution in [0, 0.1) is 0 Å². The molecule has 0 radical (unpaired) electrons. The molecule has 1 aromatic rings. The Kier molecular flexibility index (Phi) is 4.29. The Labute approximate surface area is 124 Å². The molecule has 0 aromatic heterocycles. The lowest BCUT2D eigenvalue weighted by atomic mass is 9.99. The molecule has 1 aromatic carbocycles. The van der Waals surface area contributed by atoms with Crippen LogP contribution in [-0.2, 0) is 4.79 Å². The lowest BCUT2D eigenvalue weighted by molar-refractivity contribution is -0.145. The van der Waals surface area contributed by atoms with E-state index in [4.69, 9.17) is 14.6 Å². The molecule has 0 aliphatic carbocycles. The summed E-state index contributed by atoms with van der Waals surface area (Å²) in [5.41, 5.74) is 0. The van der Waals surface area contributed by atoms with Crippen LogP contribution in [0.1, 0.15) is 25.7 Å². The third-order valence-corrected chi connectivity index (χ3v) is 4.16. The number of fused-ring (bicyclic) bond motifs is 1. The molecule has 2 aliphatic rings. The van der Waals surface area contributed by atoms with Crippen LogP contribution in [0.15, 0.2) is 24.3 Å². The number of aliphatic hydroxyl groups is 1. The van der Waals surface area contributed by atoms with Crippen molar-refractivity contribution in [2.24, 2.45) is 0 Å². The van der Waals surface area contributed by atoms with Gasteiger partial charge in [0.15, 0.2) is 11.5 Å². The largest absolute Gasteiger partial charge is 0.485 e. The third kappa shape index (κ3) is 2.97. The van der Waals surface area contributed by atoms with Crippen molar-refractivity contribution in [2.75, 3.05) is 19.8 Å². The Bertz CT molecular complexity index is 503. The van der Waals surface area contributed by atoms with E-state index < -0.39 is 6.10 Å². The first-order chi connectivity index (χ1) is 10.3. The number of carbonyl (C=O) groups is 1. The second-order valence-corrected chi connectivity index (χ2v) is 5.56. The topological polar surface area (TPSA) is 59.0 Å². The lowest BCUT2D eigenvalue weighted by Crippen LogP contribution is -2.52. The molecule has 1 amide bonds. The summed E-state index contributed by atoms with van der Waals surface area (Å²) in [6.45, 7) is 1.10. The van der Waals surface area contributed by atoms with Crippen molar-refractivity contribution in [1.29, 1.82) is 0 Å². The average Bonchev–Trinajstić information content (AvgIpc) is 2.54. The zero-order valence-electron chi connectivity index (χ0n) is 12.0. The van der Waals surface area contributed by atoms with Gasteiger partial charge >= 0.3 is 0 Å². The first-order valence-corrected chi connectivity index (χ1v) is 7.59. The fourth-order valence-corrected chi connectivity index (χ4v) is 3.07. The summed E-state index contributed by atoms with van der Waals surface area (Å²) in [7, 11) is 0. The van der Waals surface area contributed by atoms with Crippen LogP contribution in [0.25, 0.3) is 0 Å². The standard InChI is InChI=1S/C16H21NO4/c18-10-8-12-5-3-4-9-17(12)16(19)15-11-20-13-6-1-2-7-14(13)21-15/h1-2,6-7,12,15,18H,3-5,8-11H2. The summed E-state index contributed by atoms with van der Waals surface area (Å²) in [6, 6.07) is 7.52. The van der Waals surface area contributed by atoms with Crippen LogP contribution in [0.3, 0.4) is 0 Å². The van der Waals surface area contributed by atoms with Gasteiger partial charge in [0.1, 0.15) is 6.61 Å². The van der Waals surface area contributed by atoms with Crippen LogP contribution in [0.4, 0.5) is 0 Å². The predicted octanol–water partition coefficient (Wildman–Crippen LogP) is 1.59. The summed E-state index contributed by atoms with van der Waals surface area (Å²) < 4.78 is 11.4. The SMILES string of the molecule is O=C(C1COc2ccccc2O1)N1CCCCC1CCO. The number of likely N-dealkylation sites (tertiary alicyclic amines) is 1. The maximum absolute atomic E-state index is 12.7. The number of nitrogens with zero attached hydrogens (tertiary/aromatic N) is 1. The first kappa shape index (κ1) is 14.2. The number of piperidine rings is 1. The van der Waals surface area contributed by atoms with Gasteiger partial charge in [-0.05, 0) is 37.8 Å². The maximum Gasteiger partial charge on any atom is 0.267 e. The van der Waals surface area contributed by atoms with E-state index in [0.717, 1.165) is 25.8 Å². The van der Waals surface area contributed by atoms with Gasteiger partial charge in [-0.15, -0.1) is 0 Å². The molecule has 1 fully saturated rings. The van der Waals surface area contributed by atoms with Gasteiger partial charge in [0.25, 0.3) is 5.91 Å². The number of benzene rings is 1. The number of para-hydroxylation sites is 2. The zero-order chi connectivity index (χ0) is 14.7. The fraction of sp³-hybridized carbons (Fsp3) is 0.562. The molecule has 0 bridgehead atoms. The van der Waals surface area contributed by atoms with Crippen molar-refractivity contribution in [1.82, 2.24) is 4.90 Å². The van der Waals surface area contributed by atoms with E-state index >= 15 is 0 Å². The van der Waals surface area contributed by atoms with Crippen LogP contribution in [0.2, 0.25) is 0 Å². The van der Waals surface area contributed by atoms with E-state index in [1.54, 1.807) is 0 Å². The van der Waals surface area contributed by atoms with Gasteiger partial charge < -0.3 is 19.5 Å². The highest BCUT2D eigenvalue weighted by atomic mass is 16.6. The number of rotatable bonds is 3. The van der Waals surface area contributed by atoms with Gasteiger partial charge in [0.05, 0.1) is 0 Å². The van der Waals surface area contributed by atoms with Gasteiger partial charge in [-0.2, -0.15) is 0 Å². The number of ether oxygens (including phenoxy) is 2. The molecule has 5 nitrogen and oxygen atoms in total. The number of hydrogen-bond donors (Lipinski definition) is 1. The molecule has 2 heterocycles. The molecular weight excluding hydrogens is 270 g/mol. The molecule has 1 saturated heterocycles. The van der Waals surface area contributed by atoms with Crippen molar-refractivity contribution in [3.63, 3.8) is 0 Å². The average molecular weight is 291 g/mol. The van der Waals surface area contributed by atoms with Gasteiger partial charge in [-0.25, -0.2) is 0 Å². The van der Waals surface area contributed by atoms with Crippen LogP contribution >= 0.6 is 0 Å². The highest BCUT2D eigenvalue weighted by molar-refractivity contribution is 5.82. The highest BCUT2D eigenvalue weighted by Gasteiger charge is 2.35. The second-order valence-electron chi connectivity index (χ2n) is 5.56. The summed E-state index contributed by atoms with van der Waals surface area (Å²) in [6.07, 6.45) is 3.13. The number of carbonyl (C=O) groups excluding carboxylic acids is 1. The molecule has 2 unspecified atom stereocenters. The van der Waals surface area contributed by atoms with Gasteiger partial charge in [0.2, 0.25) is 6.10 Å². The molecular formula is C16H21NO4. The smallest absolute Gasteiger partial charge is 0.267 e. The van der Waals surface area contributed by atoms with Gasteiger partial charge in [-0.3, -0.25) is 4.79 Å². The van der Waals surface area contributed by atoms with Crippen molar-refractivity contribution in [2.45, 2.75) is 37.8 Å². The van der Waals surface area contributed by atoms with E-state index in [-0.39, 0.29) is 25.2 Å². The van der Waals surface area contributed by atoms with Gasteiger partial charge in [0, 0.05) is 19.2 Å². The second kappa shape index (κ2) is 6.35. The van der Waals surface area contributed by atoms with E-state index in [1.807, 2.05) is 29.2 Å². The van der Waals surface area contributed by atoms with Crippen molar-refractivity contribution in [3.8, 4) is 11.5 Å². The van der Waals surface area contributed by atoms with E-state index in [1.165, 1.54) is 0 Å². The van der Waals surface area contributed by atoms with Crippen LogP contribution < -0.4 is 9.47 Å². The molecule has 1 N–H and O–H groups in total. The molecule has 2 atom stereocenters. The maximum atomic E-state index is 12.7. The molecule has 0 saturated carbocycles. The number of amides is 1. The van der Waals surface area contributed by atoms with E-state index in [9.17, 15) is 4.79 Å². The summed E-state index contributed by atoms with van der Waals surface area (Å²) in [5.74, 6) is 1.28. The van der Waals surface area contributed by atoms with Crippen LogP contribution in [0.5, 0.6) is 11.5 Å². The number of aliphatic hydroxyl groups excluding tert-OH is 1. The highest BCUT2D eigenvalue weighted by Crippen LogP contribution is 2.32. The summed E-state index contributed by atoms with van der Waals surface area (Å²) in [4.78, 5) is 14.6. The van der Waals surface area contributed by atoms with Crippen molar-refractivity contribution in [3.05, 3.63) is 24.3 Å².